The molecule has 1 aliphatic heterocycles. The minimum atomic E-state index is 0.0559. The largest absolute Gasteiger partial charge is 0.347 e. The van der Waals surface area contributed by atoms with E-state index in [0.717, 1.165) is 34.7 Å². The average molecular weight is 362 g/mol. The van der Waals surface area contributed by atoms with Crippen molar-refractivity contribution in [1.29, 1.82) is 10.5 Å². The first-order valence-electron chi connectivity index (χ1n) is 8.16. The van der Waals surface area contributed by atoms with Crippen LogP contribution in [-0.2, 0) is 0 Å². The molecule has 1 N–H and O–H groups in total. The van der Waals surface area contributed by atoms with Gasteiger partial charge in [-0.1, -0.05) is 11.3 Å². The topological polar surface area (TPSA) is 114 Å². The third-order valence-electron chi connectivity index (χ3n) is 4.18. The lowest BCUT2D eigenvalue weighted by Gasteiger charge is -2.28. The molecule has 9 heteroatoms. The van der Waals surface area contributed by atoms with Gasteiger partial charge in [0.2, 0.25) is 0 Å². The zero-order valence-electron chi connectivity index (χ0n) is 13.8. The Morgan fingerprint density at radius 2 is 2.15 bits per heavy atom. The van der Waals surface area contributed by atoms with Gasteiger partial charge in [-0.25, -0.2) is 19.9 Å². The Morgan fingerprint density at radius 3 is 2.92 bits per heavy atom. The average Bonchev–Trinajstić information content (AvgIpc) is 3.14. The summed E-state index contributed by atoms with van der Waals surface area (Å²) in [7, 11) is 0. The zero-order valence-corrected chi connectivity index (χ0v) is 14.6. The number of hydrogen-bond acceptors (Lipinski definition) is 9. The number of hydrogen-bond donors (Lipinski definition) is 1. The highest BCUT2D eigenvalue weighted by atomic mass is 32.1. The molecule has 26 heavy (non-hydrogen) atoms. The van der Waals surface area contributed by atoms with Crippen LogP contribution in [0.3, 0.4) is 0 Å². The maximum atomic E-state index is 9.19. The first kappa shape index (κ1) is 16.2. The van der Waals surface area contributed by atoms with Crippen LogP contribution in [0.5, 0.6) is 0 Å². The molecular weight excluding hydrogens is 348 g/mol. The van der Waals surface area contributed by atoms with Crippen LogP contribution < -0.4 is 10.2 Å². The Hall–Kier alpha value is -3.30. The smallest absolute Gasteiger partial charge is 0.186 e. The van der Waals surface area contributed by atoms with Crippen molar-refractivity contribution in [2.75, 3.05) is 23.3 Å². The van der Waals surface area contributed by atoms with Crippen molar-refractivity contribution >= 4 is 38.3 Å². The molecule has 1 unspecified atom stereocenters. The number of nitrogens with zero attached hydrogens (tertiary/aromatic N) is 7. The first-order valence-corrected chi connectivity index (χ1v) is 8.98. The van der Waals surface area contributed by atoms with Crippen molar-refractivity contribution in [3.63, 3.8) is 0 Å². The van der Waals surface area contributed by atoms with Gasteiger partial charge in [-0.15, -0.1) is 0 Å². The van der Waals surface area contributed by atoms with E-state index in [1.54, 1.807) is 17.5 Å². The van der Waals surface area contributed by atoms with Gasteiger partial charge in [-0.05, 0) is 18.9 Å². The van der Waals surface area contributed by atoms with Crippen LogP contribution in [0.4, 0.5) is 16.8 Å². The fourth-order valence-corrected chi connectivity index (χ4v) is 3.94. The summed E-state index contributed by atoms with van der Waals surface area (Å²) < 4.78 is 0.924. The second kappa shape index (κ2) is 6.90. The quantitative estimate of drug-likeness (QED) is 0.756. The van der Waals surface area contributed by atoms with Gasteiger partial charge >= 0.3 is 0 Å². The molecule has 1 aliphatic rings. The van der Waals surface area contributed by atoms with Crippen LogP contribution in [0.25, 0.3) is 10.2 Å². The van der Waals surface area contributed by atoms with Crippen molar-refractivity contribution in [3.8, 4) is 12.1 Å². The lowest BCUT2D eigenvalue weighted by atomic mass is 10.0. The molecule has 3 aromatic rings. The third-order valence-corrected chi connectivity index (χ3v) is 5.32. The number of nitriles is 2. The van der Waals surface area contributed by atoms with E-state index in [0.29, 0.717) is 18.2 Å². The SMILES string of the molecule is N#Cc1cnc(Nc2nccc3nc(N4CCCC(C#N)C4)sc23)cn1. The van der Waals surface area contributed by atoms with Crippen molar-refractivity contribution in [3.05, 3.63) is 30.4 Å². The van der Waals surface area contributed by atoms with Crippen LogP contribution in [0.15, 0.2) is 24.7 Å². The molecule has 128 valence electrons. The van der Waals surface area contributed by atoms with E-state index in [4.69, 9.17) is 10.2 Å². The number of anilines is 3. The fraction of sp³-hybridized carbons (Fsp3) is 0.294. The molecule has 0 amide bonds. The van der Waals surface area contributed by atoms with E-state index in [1.165, 1.54) is 12.4 Å². The molecule has 1 fully saturated rings. The maximum absolute atomic E-state index is 9.19. The minimum absolute atomic E-state index is 0.0559. The Bertz CT molecular complexity index is 1010. The van der Waals surface area contributed by atoms with E-state index in [2.05, 4.69) is 31.2 Å². The Morgan fingerprint density at radius 1 is 1.23 bits per heavy atom. The van der Waals surface area contributed by atoms with Gasteiger partial charge in [-0.2, -0.15) is 10.5 Å². The molecule has 0 spiro atoms. The van der Waals surface area contributed by atoms with Gasteiger partial charge in [0.15, 0.2) is 16.6 Å². The summed E-state index contributed by atoms with van der Waals surface area (Å²) in [5.74, 6) is 1.22. The Labute approximate surface area is 153 Å². The lowest BCUT2D eigenvalue weighted by molar-refractivity contribution is 0.493. The molecule has 4 rings (SSSR count). The third kappa shape index (κ3) is 3.13. The summed E-state index contributed by atoms with van der Waals surface area (Å²) >= 11 is 1.55. The van der Waals surface area contributed by atoms with Crippen molar-refractivity contribution in [1.82, 2.24) is 19.9 Å². The molecule has 0 aromatic carbocycles. The molecule has 1 saturated heterocycles. The molecule has 0 bridgehead atoms. The molecule has 4 heterocycles. The molecule has 8 nitrogen and oxygen atoms in total. The summed E-state index contributed by atoms with van der Waals surface area (Å²) in [6, 6.07) is 6.18. The van der Waals surface area contributed by atoms with Crippen LogP contribution in [0.1, 0.15) is 18.5 Å². The first-order chi connectivity index (χ1) is 12.8. The van der Waals surface area contributed by atoms with Crippen LogP contribution in [-0.4, -0.2) is 33.0 Å². The van der Waals surface area contributed by atoms with E-state index >= 15 is 0 Å². The van der Waals surface area contributed by atoms with Crippen molar-refractivity contribution in [2.45, 2.75) is 12.8 Å². The van der Waals surface area contributed by atoms with Crippen molar-refractivity contribution < 1.29 is 0 Å². The Balaban J connectivity index is 1.63. The number of thiazole rings is 1. The monoisotopic (exact) mass is 362 g/mol. The fourth-order valence-electron chi connectivity index (χ4n) is 2.90. The number of nitrogens with one attached hydrogen (secondary N) is 1. The molecule has 3 aromatic heterocycles. The van der Waals surface area contributed by atoms with Crippen LogP contribution >= 0.6 is 11.3 Å². The normalized spacial score (nSPS) is 16.8. The molecule has 1 atom stereocenters. The molecule has 0 radical (unpaired) electrons. The summed E-state index contributed by atoms with van der Waals surface area (Å²) in [5, 5.41) is 22.0. The van der Waals surface area contributed by atoms with Gasteiger partial charge in [0.25, 0.3) is 0 Å². The standard InChI is InChI=1S/C17H14N8S/c18-6-11-2-1-5-25(10-11)17-23-13-3-4-20-16(15(13)26-17)24-14-9-21-12(7-19)8-22-14/h3-4,8-9,11H,1-2,5,10H2,(H,20,22,24). The second-order valence-electron chi connectivity index (χ2n) is 5.94. The molecule has 0 aliphatic carbocycles. The molecular formula is C17H14N8S. The zero-order chi connectivity index (χ0) is 17.9. The van der Waals surface area contributed by atoms with Gasteiger partial charge in [0.05, 0.1) is 34.6 Å². The summed E-state index contributed by atoms with van der Waals surface area (Å²) in [4.78, 5) is 19.5. The Kier molecular flexibility index (Phi) is 4.30. The highest BCUT2D eigenvalue weighted by molar-refractivity contribution is 7.22. The second-order valence-corrected chi connectivity index (χ2v) is 6.92. The highest BCUT2D eigenvalue weighted by Gasteiger charge is 2.22. The number of fused-ring (bicyclic) bond motifs is 1. The van der Waals surface area contributed by atoms with Crippen LogP contribution in [0, 0.1) is 28.6 Å². The van der Waals surface area contributed by atoms with Gasteiger partial charge in [-0.3, -0.25) is 0 Å². The maximum Gasteiger partial charge on any atom is 0.186 e. The summed E-state index contributed by atoms with van der Waals surface area (Å²) in [6.07, 6.45) is 6.56. The van der Waals surface area contributed by atoms with Crippen molar-refractivity contribution in [2.24, 2.45) is 5.92 Å². The van der Waals surface area contributed by atoms with Gasteiger partial charge in [0.1, 0.15) is 11.9 Å². The number of pyridine rings is 1. The molecule has 0 saturated carbocycles. The van der Waals surface area contributed by atoms with Crippen LogP contribution in [0.2, 0.25) is 0 Å². The van der Waals surface area contributed by atoms with E-state index in [1.807, 2.05) is 12.1 Å². The van der Waals surface area contributed by atoms with Gasteiger partial charge in [0, 0.05) is 19.3 Å². The van der Waals surface area contributed by atoms with E-state index in [-0.39, 0.29) is 11.6 Å². The lowest BCUT2D eigenvalue weighted by Crippen LogP contribution is -2.34. The number of piperidine rings is 1. The van der Waals surface area contributed by atoms with E-state index < -0.39 is 0 Å². The summed E-state index contributed by atoms with van der Waals surface area (Å²) in [6.45, 7) is 1.63. The summed E-state index contributed by atoms with van der Waals surface area (Å²) in [5.41, 5.74) is 1.11. The minimum Gasteiger partial charge on any atom is -0.347 e. The van der Waals surface area contributed by atoms with E-state index in [9.17, 15) is 5.26 Å². The van der Waals surface area contributed by atoms with Gasteiger partial charge < -0.3 is 10.2 Å². The highest BCUT2D eigenvalue weighted by Crippen LogP contribution is 2.35. The predicted octanol–water partition coefficient (Wildman–Crippen LogP) is 2.84. The number of rotatable bonds is 3. The number of aromatic nitrogens is 4. The predicted molar refractivity (Wildman–Crippen MR) is 98.0 cm³/mol.